The number of nitrogens with zero attached hydrogens (tertiary/aromatic N) is 5. The lowest BCUT2D eigenvalue weighted by atomic mass is 10.1. The number of nitrogens with one attached hydrogen (secondary N) is 1. The summed E-state index contributed by atoms with van der Waals surface area (Å²) < 4.78 is 0. The second kappa shape index (κ2) is 12.0. The minimum Gasteiger partial charge on any atom is -0.347 e. The van der Waals surface area contributed by atoms with Gasteiger partial charge in [-0.15, -0.1) is 24.0 Å². The number of guanidine groups is 1. The van der Waals surface area contributed by atoms with E-state index in [4.69, 9.17) is 0 Å². The normalized spacial score (nSPS) is 14.6. The molecule has 0 spiro atoms. The Bertz CT molecular complexity index is 543. The number of likely N-dealkylation sites (N-methyl/N-ethyl adjacent to an activating group) is 2. The highest BCUT2D eigenvalue weighted by Crippen LogP contribution is 2.07. The monoisotopic (exact) mass is 496 g/mol. The van der Waals surface area contributed by atoms with Crippen LogP contribution in [0.15, 0.2) is 4.99 Å². The maximum atomic E-state index is 12.1. The van der Waals surface area contributed by atoms with E-state index in [2.05, 4.69) is 10.3 Å². The Hall–Kier alpha value is -1.59. The van der Waals surface area contributed by atoms with Crippen LogP contribution in [0.5, 0.6) is 0 Å². The maximum absolute atomic E-state index is 12.1. The number of carbonyl (C=O) groups is 3. The maximum Gasteiger partial charge on any atom is 0.243 e. The number of aliphatic imine (C=N–C) groups is 1. The van der Waals surface area contributed by atoms with Gasteiger partial charge in [-0.25, -0.2) is 4.99 Å². The van der Waals surface area contributed by atoms with Crippen LogP contribution in [0.25, 0.3) is 0 Å². The highest BCUT2D eigenvalue weighted by atomic mass is 127. The van der Waals surface area contributed by atoms with Crippen LogP contribution in [0, 0.1) is 5.92 Å². The predicted molar refractivity (Wildman–Crippen MR) is 116 cm³/mol. The number of amides is 3. The summed E-state index contributed by atoms with van der Waals surface area (Å²) in [5.74, 6) is 0.444. The molecule has 27 heavy (non-hydrogen) atoms. The van der Waals surface area contributed by atoms with Gasteiger partial charge >= 0.3 is 0 Å². The summed E-state index contributed by atoms with van der Waals surface area (Å²) >= 11 is 0. The lowest BCUT2D eigenvalue weighted by Crippen LogP contribution is -2.55. The second-order valence-electron chi connectivity index (χ2n) is 7.04. The first-order valence-corrected chi connectivity index (χ1v) is 8.85. The third-order valence-corrected chi connectivity index (χ3v) is 4.14. The van der Waals surface area contributed by atoms with Gasteiger partial charge in [0.05, 0.1) is 6.54 Å². The van der Waals surface area contributed by atoms with Crippen molar-refractivity contribution in [2.75, 3.05) is 67.5 Å². The lowest BCUT2D eigenvalue weighted by molar-refractivity contribution is -0.135. The fourth-order valence-electron chi connectivity index (χ4n) is 2.37. The highest BCUT2D eigenvalue weighted by Gasteiger charge is 2.25. The molecule has 0 saturated carbocycles. The molecule has 0 bridgehead atoms. The Balaban J connectivity index is 0.00000676. The summed E-state index contributed by atoms with van der Waals surface area (Å²) in [6, 6.07) is 0. The first-order chi connectivity index (χ1) is 12.1. The lowest BCUT2D eigenvalue weighted by Gasteiger charge is -2.37. The first kappa shape index (κ1) is 25.4. The number of halogens is 1. The van der Waals surface area contributed by atoms with Crippen molar-refractivity contribution in [2.45, 2.75) is 13.8 Å². The fraction of sp³-hybridized carbons (Fsp3) is 0.765. The molecule has 1 aliphatic rings. The number of hydrogen-bond acceptors (Lipinski definition) is 4. The summed E-state index contributed by atoms with van der Waals surface area (Å²) in [7, 11) is 6.73. The Kier molecular flexibility index (Phi) is 11.3. The molecule has 9 nitrogen and oxygen atoms in total. The van der Waals surface area contributed by atoms with Gasteiger partial charge in [0, 0.05) is 60.3 Å². The Morgan fingerprint density at radius 3 is 1.85 bits per heavy atom. The molecule has 1 aliphatic heterocycles. The van der Waals surface area contributed by atoms with Gasteiger partial charge in [-0.1, -0.05) is 13.8 Å². The summed E-state index contributed by atoms with van der Waals surface area (Å²) in [6.07, 6.45) is 0. The van der Waals surface area contributed by atoms with E-state index in [1.807, 2.05) is 23.6 Å². The largest absolute Gasteiger partial charge is 0.347 e. The number of carbonyl (C=O) groups excluding carboxylic acids is 3. The van der Waals surface area contributed by atoms with Gasteiger partial charge in [-0.3, -0.25) is 14.4 Å². The van der Waals surface area contributed by atoms with E-state index in [9.17, 15) is 14.4 Å². The molecular weight excluding hydrogens is 463 g/mol. The third-order valence-electron chi connectivity index (χ3n) is 4.14. The summed E-state index contributed by atoms with van der Waals surface area (Å²) in [6.45, 7) is 6.31. The average molecular weight is 496 g/mol. The Morgan fingerprint density at radius 1 is 0.926 bits per heavy atom. The van der Waals surface area contributed by atoms with Gasteiger partial charge in [0.25, 0.3) is 0 Å². The molecule has 10 heteroatoms. The molecule has 0 atom stereocenters. The smallest absolute Gasteiger partial charge is 0.243 e. The molecule has 0 unspecified atom stereocenters. The molecule has 1 N–H and O–H groups in total. The van der Waals surface area contributed by atoms with E-state index in [0.717, 1.165) is 0 Å². The van der Waals surface area contributed by atoms with Crippen molar-refractivity contribution in [1.29, 1.82) is 0 Å². The average Bonchev–Trinajstić information content (AvgIpc) is 2.60. The van der Waals surface area contributed by atoms with E-state index in [1.165, 1.54) is 9.80 Å². The van der Waals surface area contributed by atoms with Crippen molar-refractivity contribution in [1.82, 2.24) is 24.9 Å². The van der Waals surface area contributed by atoms with Crippen LogP contribution in [-0.2, 0) is 14.4 Å². The summed E-state index contributed by atoms with van der Waals surface area (Å²) in [4.78, 5) is 47.0. The van der Waals surface area contributed by atoms with Crippen molar-refractivity contribution < 1.29 is 14.4 Å². The van der Waals surface area contributed by atoms with Crippen molar-refractivity contribution in [3.05, 3.63) is 0 Å². The van der Waals surface area contributed by atoms with Gasteiger partial charge in [0.1, 0.15) is 6.54 Å². The first-order valence-electron chi connectivity index (χ1n) is 8.85. The molecule has 1 saturated heterocycles. The number of hydrogen-bond donors (Lipinski definition) is 1. The molecule has 1 heterocycles. The molecule has 1 rings (SSSR count). The SMILES string of the molecule is CC(C)C(=O)N1CCN(C(=NCC(=O)N(C)C)NCC(=O)N(C)C)CC1.I. The van der Waals surface area contributed by atoms with Crippen LogP contribution in [0.2, 0.25) is 0 Å². The van der Waals surface area contributed by atoms with E-state index >= 15 is 0 Å². The van der Waals surface area contributed by atoms with Crippen LogP contribution in [0.4, 0.5) is 0 Å². The standard InChI is InChI=1S/C17H32N6O3.HI/c1-13(2)16(26)22-7-9-23(10-8-22)17(18-11-14(24)20(3)4)19-12-15(25)21(5)6;/h13H,7-12H2,1-6H3,(H,18,19);1H. The zero-order valence-corrected chi connectivity index (χ0v) is 19.5. The third kappa shape index (κ3) is 8.31. The topological polar surface area (TPSA) is 88.6 Å². The molecular formula is C17H33IN6O3. The van der Waals surface area contributed by atoms with Crippen LogP contribution in [0.1, 0.15) is 13.8 Å². The molecule has 1 fully saturated rings. The zero-order valence-electron chi connectivity index (χ0n) is 17.2. The van der Waals surface area contributed by atoms with Crippen LogP contribution in [0.3, 0.4) is 0 Å². The molecule has 0 aromatic carbocycles. The van der Waals surface area contributed by atoms with Crippen LogP contribution in [-0.4, -0.2) is 111 Å². The molecule has 156 valence electrons. The summed E-state index contributed by atoms with van der Waals surface area (Å²) in [5.41, 5.74) is 0. The zero-order chi connectivity index (χ0) is 19.9. The van der Waals surface area contributed by atoms with Gasteiger partial charge in [0.2, 0.25) is 17.7 Å². The van der Waals surface area contributed by atoms with Crippen molar-refractivity contribution in [3.63, 3.8) is 0 Å². The minimum atomic E-state index is -0.114. The van der Waals surface area contributed by atoms with E-state index in [1.54, 1.807) is 28.2 Å². The quantitative estimate of drug-likeness (QED) is 0.316. The van der Waals surface area contributed by atoms with Gasteiger partial charge in [-0.05, 0) is 0 Å². The molecule has 0 aliphatic carbocycles. The van der Waals surface area contributed by atoms with E-state index < -0.39 is 0 Å². The van der Waals surface area contributed by atoms with E-state index in [-0.39, 0.29) is 60.7 Å². The Labute approximate surface area is 179 Å². The van der Waals surface area contributed by atoms with Crippen LogP contribution < -0.4 is 5.32 Å². The minimum absolute atomic E-state index is 0. The molecule has 0 aromatic rings. The van der Waals surface area contributed by atoms with Gasteiger partial charge in [-0.2, -0.15) is 0 Å². The molecule has 0 radical (unpaired) electrons. The van der Waals surface area contributed by atoms with Crippen molar-refractivity contribution in [3.8, 4) is 0 Å². The second-order valence-corrected chi connectivity index (χ2v) is 7.04. The van der Waals surface area contributed by atoms with Crippen molar-refractivity contribution in [2.24, 2.45) is 10.9 Å². The molecule has 3 amide bonds. The molecule has 0 aromatic heterocycles. The number of rotatable bonds is 5. The van der Waals surface area contributed by atoms with Gasteiger partial charge < -0.3 is 24.9 Å². The van der Waals surface area contributed by atoms with E-state index in [0.29, 0.717) is 32.1 Å². The number of piperazine rings is 1. The van der Waals surface area contributed by atoms with Crippen LogP contribution >= 0.6 is 24.0 Å². The highest BCUT2D eigenvalue weighted by molar-refractivity contribution is 14.0. The Morgan fingerprint density at radius 2 is 1.41 bits per heavy atom. The van der Waals surface area contributed by atoms with Crippen molar-refractivity contribution >= 4 is 47.7 Å². The fourth-order valence-corrected chi connectivity index (χ4v) is 2.37. The predicted octanol–water partition coefficient (Wildman–Crippen LogP) is -0.473. The summed E-state index contributed by atoms with van der Waals surface area (Å²) in [5, 5.41) is 3.04. The van der Waals surface area contributed by atoms with Gasteiger partial charge in [0.15, 0.2) is 5.96 Å².